The van der Waals surface area contributed by atoms with E-state index in [0.29, 0.717) is 53.9 Å². The van der Waals surface area contributed by atoms with Crippen LogP contribution in [-0.2, 0) is 7.05 Å². The Bertz CT molecular complexity index is 1200. The van der Waals surface area contributed by atoms with Gasteiger partial charge in [-0.3, -0.25) is 9.48 Å². The monoisotopic (exact) mass is 439 g/mol. The Labute approximate surface area is 185 Å². The summed E-state index contributed by atoms with van der Waals surface area (Å²) in [6, 6.07) is 10.2. The fraction of sp³-hybridized carbons (Fsp3) is 0.348. The smallest absolute Gasteiger partial charge is 0.339 e. The van der Waals surface area contributed by atoms with Crippen LogP contribution in [0.15, 0.2) is 45.6 Å². The Balaban J connectivity index is 1.51. The third-order valence-corrected chi connectivity index (χ3v) is 5.38. The first-order chi connectivity index (χ1) is 15.4. The van der Waals surface area contributed by atoms with Crippen LogP contribution in [-0.4, -0.2) is 54.0 Å². The van der Waals surface area contributed by atoms with E-state index < -0.39 is 5.63 Å². The number of aromatic nitrogens is 2. The van der Waals surface area contributed by atoms with Gasteiger partial charge in [0.2, 0.25) is 0 Å². The fourth-order valence-corrected chi connectivity index (χ4v) is 3.82. The van der Waals surface area contributed by atoms with E-state index in [1.54, 1.807) is 62.0 Å². The van der Waals surface area contributed by atoms with Crippen LogP contribution < -0.4 is 19.8 Å². The van der Waals surface area contributed by atoms with Crippen molar-refractivity contribution >= 4 is 5.91 Å². The number of nitrogens with zero attached hydrogens (tertiary/aromatic N) is 3. The molecular formula is C23H25N3O6. The summed E-state index contributed by atoms with van der Waals surface area (Å²) < 4.78 is 23.2. The first-order valence-electron chi connectivity index (χ1n) is 10.2. The molecule has 9 nitrogen and oxygen atoms in total. The average molecular weight is 439 g/mol. The summed E-state index contributed by atoms with van der Waals surface area (Å²) in [5, 5.41) is 4.52. The third-order valence-electron chi connectivity index (χ3n) is 5.38. The summed E-state index contributed by atoms with van der Waals surface area (Å²) in [6.45, 7) is 2.66. The van der Waals surface area contributed by atoms with Gasteiger partial charge in [-0.2, -0.15) is 5.10 Å². The molecule has 0 spiro atoms. The van der Waals surface area contributed by atoms with Crippen LogP contribution in [0.25, 0.3) is 11.3 Å². The number of methoxy groups -OCH3 is 2. The molecule has 0 radical (unpaired) electrons. The minimum Gasteiger partial charge on any atom is -0.497 e. The molecule has 0 unspecified atom stereocenters. The van der Waals surface area contributed by atoms with Crippen LogP contribution in [0.1, 0.15) is 22.7 Å². The van der Waals surface area contributed by atoms with Gasteiger partial charge in [0.25, 0.3) is 5.91 Å². The van der Waals surface area contributed by atoms with E-state index in [-0.39, 0.29) is 12.0 Å². The minimum atomic E-state index is -0.457. The minimum absolute atomic E-state index is 0.136. The second-order valence-corrected chi connectivity index (χ2v) is 7.61. The van der Waals surface area contributed by atoms with Crippen LogP contribution in [0, 0.1) is 6.92 Å². The van der Waals surface area contributed by atoms with E-state index in [9.17, 15) is 9.59 Å². The standard InChI is InChI=1S/C23H25N3O6/c1-14-9-17(11-22(27)31-14)32-16-7-8-26(13-16)23(28)20-12-19(24-25(20)2)18-10-15(29-3)5-6-21(18)30-4/h5-6,9-12,16H,7-8,13H2,1-4H3/t16-/m1/s1. The molecule has 1 aliphatic heterocycles. The summed E-state index contributed by atoms with van der Waals surface area (Å²) in [7, 11) is 4.91. The van der Waals surface area contributed by atoms with Gasteiger partial charge in [-0.25, -0.2) is 4.79 Å². The largest absolute Gasteiger partial charge is 0.497 e. The zero-order valence-electron chi connectivity index (χ0n) is 18.5. The number of rotatable bonds is 6. The highest BCUT2D eigenvalue weighted by molar-refractivity contribution is 5.94. The Morgan fingerprint density at radius 1 is 1.12 bits per heavy atom. The van der Waals surface area contributed by atoms with Crippen LogP contribution >= 0.6 is 0 Å². The van der Waals surface area contributed by atoms with E-state index in [1.807, 2.05) is 6.07 Å². The van der Waals surface area contributed by atoms with Crippen molar-refractivity contribution in [3.63, 3.8) is 0 Å². The summed E-state index contributed by atoms with van der Waals surface area (Å²) in [4.78, 5) is 26.5. The topological polar surface area (TPSA) is 96.0 Å². The van der Waals surface area contributed by atoms with E-state index in [4.69, 9.17) is 18.6 Å². The van der Waals surface area contributed by atoms with Gasteiger partial charge in [0.1, 0.15) is 34.8 Å². The molecule has 168 valence electrons. The number of aryl methyl sites for hydroxylation is 2. The maximum atomic E-state index is 13.2. The molecule has 2 aromatic heterocycles. The number of carbonyl (C=O) groups is 1. The Kier molecular flexibility index (Phi) is 5.89. The van der Waals surface area contributed by atoms with Gasteiger partial charge in [-0.05, 0) is 31.2 Å². The summed E-state index contributed by atoms with van der Waals surface area (Å²) in [5.41, 5.74) is 1.36. The summed E-state index contributed by atoms with van der Waals surface area (Å²) >= 11 is 0. The molecule has 3 aromatic rings. The molecule has 3 heterocycles. The van der Waals surface area contributed by atoms with E-state index in [2.05, 4.69) is 5.10 Å². The Morgan fingerprint density at radius 3 is 2.66 bits per heavy atom. The van der Waals surface area contributed by atoms with Crippen molar-refractivity contribution < 1.29 is 23.4 Å². The highest BCUT2D eigenvalue weighted by Gasteiger charge is 2.30. The van der Waals surface area contributed by atoms with Crippen molar-refractivity contribution in [1.29, 1.82) is 0 Å². The van der Waals surface area contributed by atoms with Crippen LogP contribution in [0.3, 0.4) is 0 Å². The van der Waals surface area contributed by atoms with E-state index in [0.717, 1.165) is 5.56 Å². The van der Waals surface area contributed by atoms with Crippen molar-refractivity contribution in [2.24, 2.45) is 7.05 Å². The predicted molar refractivity (Wildman–Crippen MR) is 116 cm³/mol. The zero-order chi connectivity index (χ0) is 22.8. The fourth-order valence-electron chi connectivity index (χ4n) is 3.82. The molecule has 1 atom stereocenters. The highest BCUT2D eigenvalue weighted by Crippen LogP contribution is 2.33. The van der Waals surface area contributed by atoms with Crippen molar-refractivity contribution in [2.75, 3.05) is 27.3 Å². The first kappa shape index (κ1) is 21.5. The van der Waals surface area contributed by atoms with Gasteiger partial charge in [-0.1, -0.05) is 0 Å². The predicted octanol–water partition coefficient (Wildman–Crippen LogP) is 2.66. The van der Waals surface area contributed by atoms with Crippen molar-refractivity contribution in [1.82, 2.24) is 14.7 Å². The van der Waals surface area contributed by atoms with Gasteiger partial charge in [0, 0.05) is 31.6 Å². The first-order valence-corrected chi connectivity index (χ1v) is 10.2. The van der Waals surface area contributed by atoms with Crippen molar-refractivity contribution in [3.05, 3.63) is 58.3 Å². The van der Waals surface area contributed by atoms with Crippen molar-refractivity contribution in [2.45, 2.75) is 19.4 Å². The van der Waals surface area contributed by atoms with Gasteiger partial charge in [0.15, 0.2) is 0 Å². The lowest BCUT2D eigenvalue weighted by atomic mass is 10.1. The van der Waals surface area contributed by atoms with Gasteiger partial charge in [0.05, 0.1) is 32.5 Å². The maximum Gasteiger partial charge on any atom is 0.339 e. The van der Waals surface area contributed by atoms with Crippen LogP contribution in [0.4, 0.5) is 0 Å². The Morgan fingerprint density at radius 2 is 1.94 bits per heavy atom. The molecule has 1 aromatic carbocycles. The molecule has 1 saturated heterocycles. The van der Waals surface area contributed by atoms with Crippen LogP contribution in [0.5, 0.6) is 17.2 Å². The number of hydrogen-bond donors (Lipinski definition) is 0. The number of benzene rings is 1. The summed E-state index contributed by atoms with van der Waals surface area (Å²) in [5.74, 6) is 2.10. The lowest BCUT2D eigenvalue weighted by molar-refractivity contribution is 0.0761. The molecule has 1 aliphatic rings. The second-order valence-electron chi connectivity index (χ2n) is 7.61. The number of hydrogen-bond acceptors (Lipinski definition) is 7. The Hall–Kier alpha value is -3.75. The number of ether oxygens (including phenoxy) is 3. The molecule has 0 aliphatic carbocycles. The molecule has 32 heavy (non-hydrogen) atoms. The third kappa shape index (κ3) is 4.32. The average Bonchev–Trinajstić information content (AvgIpc) is 3.38. The lowest BCUT2D eigenvalue weighted by Crippen LogP contribution is -2.32. The molecule has 0 bridgehead atoms. The van der Waals surface area contributed by atoms with Gasteiger partial charge >= 0.3 is 5.63 Å². The zero-order valence-corrected chi connectivity index (χ0v) is 18.5. The SMILES string of the molecule is COc1ccc(OC)c(-c2cc(C(=O)N3CC[C@@H](Oc4cc(C)oc(=O)c4)C3)n(C)n2)c1. The van der Waals surface area contributed by atoms with Gasteiger partial charge < -0.3 is 23.5 Å². The lowest BCUT2D eigenvalue weighted by Gasteiger charge is -2.17. The van der Waals surface area contributed by atoms with E-state index >= 15 is 0 Å². The highest BCUT2D eigenvalue weighted by atomic mass is 16.5. The van der Waals surface area contributed by atoms with Crippen molar-refractivity contribution in [3.8, 4) is 28.5 Å². The molecule has 1 amide bonds. The maximum absolute atomic E-state index is 13.2. The molecule has 4 rings (SSSR count). The van der Waals surface area contributed by atoms with Crippen LogP contribution in [0.2, 0.25) is 0 Å². The second kappa shape index (κ2) is 8.78. The number of likely N-dealkylation sites (tertiary alicyclic amines) is 1. The number of carbonyl (C=O) groups excluding carboxylic acids is 1. The molecule has 0 N–H and O–H groups in total. The van der Waals surface area contributed by atoms with E-state index in [1.165, 1.54) is 6.07 Å². The quantitative estimate of drug-likeness (QED) is 0.583. The molecular weight excluding hydrogens is 414 g/mol. The van der Waals surface area contributed by atoms with Gasteiger partial charge in [-0.15, -0.1) is 0 Å². The number of amides is 1. The molecule has 1 fully saturated rings. The normalized spacial score (nSPS) is 15.6. The molecule has 9 heteroatoms. The summed E-state index contributed by atoms with van der Waals surface area (Å²) in [6.07, 6.45) is 0.464. The molecule has 0 saturated carbocycles.